The number of H-pyrrole nitrogens is 1. The van der Waals surface area contributed by atoms with E-state index < -0.39 is 0 Å². The fourth-order valence-corrected chi connectivity index (χ4v) is 2.16. The van der Waals surface area contributed by atoms with Crippen LogP contribution in [0.25, 0.3) is 21.9 Å². The number of rotatable bonds is 2. The molecular weight excluding hydrogens is 258 g/mol. The first-order valence-electron chi connectivity index (χ1n) is 6.20. The Kier molecular flexibility index (Phi) is 2.86. The number of carbonyl (C=O) groups excluding carboxylic acids is 1. The van der Waals surface area contributed by atoms with Crippen LogP contribution in [0.15, 0.2) is 24.5 Å². The van der Waals surface area contributed by atoms with Gasteiger partial charge in [0.05, 0.1) is 16.6 Å². The number of amides is 2. The Bertz CT molecular complexity index is 796. The number of aromatic amines is 1. The standard InChI is InChI=1S/C13H13N5O2/c1-2-14-13(20)17-8-5-3-4-7-9-11(18-10(7)8)15-6-16-12(9)19/h3-6H,2H2,1H3,(H2,14,17,20)(H2,15,16,18,19). The molecule has 102 valence electrons. The Balaban J connectivity index is 2.17. The predicted molar refractivity (Wildman–Crippen MR) is 75.8 cm³/mol. The molecule has 0 bridgehead atoms. The lowest BCUT2D eigenvalue weighted by molar-refractivity contribution is 0.252. The normalized spacial score (nSPS) is 10.8. The highest BCUT2D eigenvalue weighted by Crippen LogP contribution is 2.32. The first kappa shape index (κ1) is 12.2. The lowest BCUT2D eigenvalue weighted by Gasteiger charge is -2.06. The second-order valence-electron chi connectivity index (χ2n) is 4.26. The average molecular weight is 271 g/mol. The van der Waals surface area contributed by atoms with E-state index in [1.165, 1.54) is 6.33 Å². The molecule has 0 aliphatic rings. The van der Waals surface area contributed by atoms with Gasteiger partial charge in [-0.25, -0.2) is 14.8 Å². The molecule has 0 fully saturated rings. The van der Waals surface area contributed by atoms with E-state index in [1.807, 2.05) is 13.0 Å². The number of para-hydroxylation sites is 1. The number of nitrogens with one attached hydrogen (secondary N) is 3. The first-order valence-corrected chi connectivity index (χ1v) is 6.20. The maximum Gasteiger partial charge on any atom is 0.319 e. The Morgan fingerprint density at radius 2 is 2.25 bits per heavy atom. The smallest absolute Gasteiger partial charge is 0.319 e. The van der Waals surface area contributed by atoms with Crippen molar-refractivity contribution in [2.75, 3.05) is 11.9 Å². The molecule has 3 rings (SSSR count). The van der Waals surface area contributed by atoms with Crippen LogP contribution in [0.1, 0.15) is 6.92 Å². The monoisotopic (exact) mass is 271 g/mol. The Labute approximate surface area is 114 Å². The van der Waals surface area contributed by atoms with Crippen molar-refractivity contribution in [1.29, 1.82) is 0 Å². The molecule has 2 amide bonds. The minimum Gasteiger partial charge on any atom is -0.493 e. The summed E-state index contributed by atoms with van der Waals surface area (Å²) in [6.45, 7) is 2.39. The summed E-state index contributed by atoms with van der Waals surface area (Å²) in [5, 5.41) is 16.6. The van der Waals surface area contributed by atoms with Crippen LogP contribution in [0.4, 0.5) is 10.5 Å². The molecule has 1 aromatic carbocycles. The summed E-state index contributed by atoms with van der Waals surface area (Å²) in [6, 6.07) is 5.12. The summed E-state index contributed by atoms with van der Waals surface area (Å²) < 4.78 is 0. The van der Waals surface area contributed by atoms with E-state index in [4.69, 9.17) is 0 Å². The van der Waals surface area contributed by atoms with Gasteiger partial charge in [0.1, 0.15) is 12.0 Å². The van der Waals surface area contributed by atoms with Crippen molar-refractivity contribution in [2.24, 2.45) is 0 Å². The van der Waals surface area contributed by atoms with E-state index in [1.54, 1.807) is 12.1 Å². The van der Waals surface area contributed by atoms with Crippen LogP contribution >= 0.6 is 0 Å². The minimum absolute atomic E-state index is 0.0867. The number of benzene rings is 1. The van der Waals surface area contributed by atoms with Crippen LogP contribution in [0.2, 0.25) is 0 Å². The molecule has 0 atom stereocenters. The van der Waals surface area contributed by atoms with Gasteiger partial charge in [-0.2, -0.15) is 0 Å². The third-order valence-corrected chi connectivity index (χ3v) is 2.99. The first-order chi connectivity index (χ1) is 9.70. The van der Waals surface area contributed by atoms with Crippen molar-refractivity contribution in [1.82, 2.24) is 20.3 Å². The number of nitrogens with zero attached hydrogens (tertiary/aromatic N) is 2. The average Bonchev–Trinajstić information content (AvgIpc) is 2.80. The zero-order chi connectivity index (χ0) is 14.1. The third kappa shape index (κ3) is 1.89. The molecule has 2 heterocycles. The summed E-state index contributed by atoms with van der Waals surface area (Å²) in [6.07, 6.45) is 1.28. The number of aromatic nitrogens is 3. The van der Waals surface area contributed by atoms with Crippen molar-refractivity contribution in [3.8, 4) is 5.88 Å². The summed E-state index contributed by atoms with van der Waals surface area (Å²) in [5.74, 6) is -0.0867. The van der Waals surface area contributed by atoms with Gasteiger partial charge >= 0.3 is 6.03 Å². The lowest BCUT2D eigenvalue weighted by Crippen LogP contribution is -2.28. The van der Waals surface area contributed by atoms with Crippen molar-refractivity contribution in [3.05, 3.63) is 24.5 Å². The van der Waals surface area contributed by atoms with Gasteiger partial charge in [0.2, 0.25) is 5.88 Å². The molecule has 3 aromatic rings. The summed E-state index contributed by atoms with van der Waals surface area (Å²) >= 11 is 0. The topological polar surface area (TPSA) is 103 Å². The summed E-state index contributed by atoms with van der Waals surface area (Å²) in [4.78, 5) is 22.6. The van der Waals surface area contributed by atoms with Gasteiger partial charge in [-0.3, -0.25) is 0 Å². The largest absolute Gasteiger partial charge is 0.493 e. The Hall–Kier alpha value is -2.83. The zero-order valence-corrected chi connectivity index (χ0v) is 10.8. The number of fused-ring (bicyclic) bond motifs is 3. The molecule has 4 N–H and O–H groups in total. The second-order valence-corrected chi connectivity index (χ2v) is 4.26. The maximum atomic E-state index is 11.6. The molecule has 0 aliphatic carbocycles. The van der Waals surface area contributed by atoms with Gasteiger partial charge in [0.15, 0.2) is 0 Å². The number of anilines is 1. The van der Waals surface area contributed by atoms with Crippen LogP contribution in [-0.2, 0) is 0 Å². The quantitative estimate of drug-likeness (QED) is 0.572. The van der Waals surface area contributed by atoms with E-state index in [0.29, 0.717) is 28.8 Å². The minimum atomic E-state index is -0.283. The van der Waals surface area contributed by atoms with E-state index >= 15 is 0 Å². The van der Waals surface area contributed by atoms with Gasteiger partial charge in [-0.1, -0.05) is 12.1 Å². The van der Waals surface area contributed by atoms with Crippen molar-refractivity contribution < 1.29 is 9.90 Å². The molecule has 20 heavy (non-hydrogen) atoms. The SMILES string of the molecule is CCNC(=O)Nc1cccc2c1[nH]c1ncnc(O)c12. The highest BCUT2D eigenvalue weighted by atomic mass is 16.3. The fourth-order valence-electron chi connectivity index (χ4n) is 2.16. The van der Waals surface area contributed by atoms with Gasteiger partial charge in [0.25, 0.3) is 0 Å². The molecular formula is C13H13N5O2. The lowest BCUT2D eigenvalue weighted by atomic mass is 10.2. The Morgan fingerprint density at radius 1 is 1.40 bits per heavy atom. The van der Waals surface area contributed by atoms with Crippen molar-refractivity contribution in [2.45, 2.75) is 6.92 Å². The molecule has 0 unspecified atom stereocenters. The van der Waals surface area contributed by atoms with E-state index in [2.05, 4.69) is 25.6 Å². The molecule has 7 nitrogen and oxygen atoms in total. The third-order valence-electron chi connectivity index (χ3n) is 2.99. The number of carbonyl (C=O) groups is 1. The van der Waals surface area contributed by atoms with E-state index in [9.17, 15) is 9.90 Å². The number of urea groups is 1. The van der Waals surface area contributed by atoms with Crippen molar-refractivity contribution in [3.63, 3.8) is 0 Å². The summed E-state index contributed by atoms with van der Waals surface area (Å²) in [5.41, 5.74) is 1.84. The number of hydrogen-bond acceptors (Lipinski definition) is 4. The van der Waals surface area contributed by atoms with E-state index in [0.717, 1.165) is 5.39 Å². The van der Waals surface area contributed by atoms with Crippen LogP contribution in [0.5, 0.6) is 5.88 Å². The molecule has 7 heteroatoms. The fraction of sp³-hybridized carbons (Fsp3) is 0.154. The molecule has 0 aliphatic heterocycles. The van der Waals surface area contributed by atoms with Gasteiger partial charge in [0, 0.05) is 11.9 Å². The highest BCUT2D eigenvalue weighted by molar-refractivity contribution is 6.13. The highest BCUT2D eigenvalue weighted by Gasteiger charge is 2.13. The molecule has 0 radical (unpaired) electrons. The van der Waals surface area contributed by atoms with Crippen LogP contribution in [-0.4, -0.2) is 32.6 Å². The van der Waals surface area contributed by atoms with Gasteiger partial charge in [-0.15, -0.1) is 0 Å². The van der Waals surface area contributed by atoms with Gasteiger partial charge in [-0.05, 0) is 13.0 Å². The number of hydrogen-bond donors (Lipinski definition) is 4. The van der Waals surface area contributed by atoms with E-state index in [-0.39, 0.29) is 11.9 Å². The van der Waals surface area contributed by atoms with Crippen LogP contribution in [0.3, 0.4) is 0 Å². The molecule has 0 spiro atoms. The zero-order valence-electron chi connectivity index (χ0n) is 10.8. The van der Waals surface area contributed by atoms with Crippen LogP contribution < -0.4 is 10.6 Å². The second kappa shape index (κ2) is 4.69. The predicted octanol–water partition coefficient (Wildman–Crippen LogP) is 1.96. The van der Waals surface area contributed by atoms with Crippen LogP contribution in [0, 0.1) is 0 Å². The molecule has 0 saturated carbocycles. The number of aromatic hydroxyl groups is 1. The van der Waals surface area contributed by atoms with Gasteiger partial charge < -0.3 is 20.7 Å². The summed E-state index contributed by atoms with van der Waals surface area (Å²) in [7, 11) is 0. The maximum absolute atomic E-state index is 11.6. The van der Waals surface area contributed by atoms with Crippen molar-refractivity contribution >= 4 is 33.7 Å². The molecule has 2 aromatic heterocycles. The molecule has 0 saturated heterocycles. The Morgan fingerprint density at radius 3 is 3.05 bits per heavy atom.